The average Bonchev–Trinajstić information content (AvgIpc) is 3.18. The molecule has 0 spiro atoms. The van der Waals surface area contributed by atoms with Gasteiger partial charge in [-0.05, 0) is 42.0 Å². The van der Waals surface area contributed by atoms with Gasteiger partial charge in [-0.25, -0.2) is 9.78 Å². The zero-order chi connectivity index (χ0) is 25.4. The van der Waals surface area contributed by atoms with Gasteiger partial charge in [0.05, 0.1) is 28.5 Å². The van der Waals surface area contributed by atoms with Gasteiger partial charge in [0.1, 0.15) is 5.75 Å². The number of halogens is 6. The number of nitrogens with zero attached hydrogens (tertiary/aromatic N) is 1. The van der Waals surface area contributed by atoms with E-state index in [1.54, 1.807) is 13.2 Å². The SMILES string of the molecule is COc1ccccc1-c1ccc2nc(NC(=O)Nc3cc(C(F)(F)F)cc(C(F)(F)F)c3)sc2c1. The molecule has 0 aliphatic heterocycles. The molecule has 0 aliphatic rings. The maximum Gasteiger partial charge on any atom is 0.416 e. The van der Waals surface area contributed by atoms with Crippen LogP contribution < -0.4 is 15.4 Å². The molecule has 0 saturated carbocycles. The number of thiazole rings is 1. The van der Waals surface area contributed by atoms with Gasteiger partial charge in [0.2, 0.25) is 0 Å². The van der Waals surface area contributed by atoms with Crippen LogP contribution in [0.15, 0.2) is 60.7 Å². The Kier molecular flexibility index (Phi) is 6.32. The third-order valence-electron chi connectivity index (χ3n) is 4.87. The van der Waals surface area contributed by atoms with Crippen molar-refractivity contribution in [1.82, 2.24) is 4.98 Å². The predicted molar refractivity (Wildman–Crippen MR) is 121 cm³/mol. The molecule has 3 aromatic carbocycles. The second-order valence-corrected chi connectivity index (χ2v) is 8.31. The number of aromatic nitrogens is 1. The summed E-state index contributed by atoms with van der Waals surface area (Å²) in [7, 11) is 1.55. The third-order valence-corrected chi connectivity index (χ3v) is 5.81. The van der Waals surface area contributed by atoms with E-state index >= 15 is 0 Å². The first kappa shape index (κ1) is 24.3. The van der Waals surface area contributed by atoms with E-state index in [-0.39, 0.29) is 11.2 Å². The Bertz CT molecular complexity index is 1370. The number of alkyl halides is 6. The summed E-state index contributed by atoms with van der Waals surface area (Å²) in [5, 5.41) is 4.47. The van der Waals surface area contributed by atoms with Crippen LogP contribution in [-0.2, 0) is 12.4 Å². The summed E-state index contributed by atoms with van der Waals surface area (Å²) >= 11 is 1.09. The highest BCUT2D eigenvalue weighted by Gasteiger charge is 2.37. The summed E-state index contributed by atoms with van der Waals surface area (Å²) < 4.78 is 84.2. The van der Waals surface area contributed by atoms with Crippen molar-refractivity contribution in [1.29, 1.82) is 0 Å². The predicted octanol–water partition coefficient (Wildman–Crippen LogP) is 7.65. The van der Waals surface area contributed by atoms with E-state index < -0.39 is 35.2 Å². The van der Waals surface area contributed by atoms with Gasteiger partial charge in [-0.2, -0.15) is 26.3 Å². The molecule has 0 atom stereocenters. The van der Waals surface area contributed by atoms with Gasteiger partial charge in [0.15, 0.2) is 5.13 Å². The van der Waals surface area contributed by atoms with Crippen molar-refractivity contribution >= 4 is 38.4 Å². The Hall–Kier alpha value is -3.80. The van der Waals surface area contributed by atoms with Crippen molar-refractivity contribution in [3.63, 3.8) is 0 Å². The van der Waals surface area contributed by atoms with Crippen LogP contribution in [0, 0.1) is 0 Å². The Morgan fingerprint density at radius 3 is 2.17 bits per heavy atom. The zero-order valence-corrected chi connectivity index (χ0v) is 18.5. The van der Waals surface area contributed by atoms with E-state index in [0.717, 1.165) is 22.5 Å². The summed E-state index contributed by atoms with van der Waals surface area (Å²) in [6, 6.07) is 12.5. The van der Waals surface area contributed by atoms with Crippen LogP contribution in [0.5, 0.6) is 5.75 Å². The molecule has 0 radical (unpaired) electrons. The molecule has 12 heteroatoms. The molecular formula is C23H15F6N3O2S. The van der Waals surface area contributed by atoms with Crippen LogP contribution in [-0.4, -0.2) is 18.1 Å². The fourth-order valence-corrected chi connectivity index (χ4v) is 4.22. The van der Waals surface area contributed by atoms with Gasteiger partial charge in [-0.3, -0.25) is 5.32 Å². The van der Waals surface area contributed by atoms with Gasteiger partial charge in [-0.1, -0.05) is 35.6 Å². The first-order valence-electron chi connectivity index (χ1n) is 9.85. The number of rotatable bonds is 4. The smallest absolute Gasteiger partial charge is 0.416 e. The van der Waals surface area contributed by atoms with E-state index in [9.17, 15) is 31.1 Å². The van der Waals surface area contributed by atoms with E-state index in [0.29, 0.717) is 28.1 Å². The van der Waals surface area contributed by atoms with Crippen LogP contribution in [0.2, 0.25) is 0 Å². The van der Waals surface area contributed by atoms with E-state index in [1.807, 2.05) is 41.7 Å². The lowest BCUT2D eigenvalue weighted by Gasteiger charge is -2.14. The first-order chi connectivity index (χ1) is 16.4. The van der Waals surface area contributed by atoms with Gasteiger partial charge >= 0.3 is 18.4 Å². The molecular weight excluding hydrogens is 496 g/mol. The van der Waals surface area contributed by atoms with Crippen molar-refractivity contribution in [2.24, 2.45) is 0 Å². The second-order valence-electron chi connectivity index (χ2n) is 7.28. The number of hydrogen-bond acceptors (Lipinski definition) is 4. The van der Waals surface area contributed by atoms with Crippen molar-refractivity contribution in [3.8, 4) is 16.9 Å². The van der Waals surface area contributed by atoms with Crippen LogP contribution in [0.1, 0.15) is 11.1 Å². The number of urea groups is 1. The quantitative estimate of drug-likeness (QED) is 0.277. The molecule has 0 unspecified atom stereocenters. The minimum atomic E-state index is -5.03. The van der Waals surface area contributed by atoms with Gasteiger partial charge in [-0.15, -0.1) is 0 Å². The maximum absolute atomic E-state index is 13.0. The number of benzene rings is 3. The molecule has 35 heavy (non-hydrogen) atoms. The van der Waals surface area contributed by atoms with E-state index in [4.69, 9.17) is 4.74 Å². The van der Waals surface area contributed by atoms with Crippen molar-refractivity contribution in [2.75, 3.05) is 17.7 Å². The number of carbonyl (C=O) groups excluding carboxylic acids is 1. The molecule has 4 rings (SSSR count). The average molecular weight is 511 g/mol. The Labute approximate surface area is 198 Å². The Balaban J connectivity index is 1.56. The summed E-state index contributed by atoms with van der Waals surface area (Å²) in [5.41, 5.74) is -1.52. The van der Waals surface area contributed by atoms with Crippen molar-refractivity contribution in [3.05, 3.63) is 71.8 Å². The minimum Gasteiger partial charge on any atom is -0.496 e. The van der Waals surface area contributed by atoms with Crippen LogP contribution in [0.25, 0.3) is 21.3 Å². The van der Waals surface area contributed by atoms with Crippen LogP contribution in [0.3, 0.4) is 0 Å². The molecule has 4 aromatic rings. The number of hydrogen-bond donors (Lipinski definition) is 2. The largest absolute Gasteiger partial charge is 0.496 e. The number of methoxy groups -OCH3 is 1. The molecule has 0 saturated heterocycles. The lowest BCUT2D eigenvalue weighted by molar-refractivity contribution is -0.143. The number of nitrogens with one attached hydrogen (secondary N) is 2. The molecule has 0 fully saturated rings. The van der Waals surface area contributed by atoms with E-state index in [1.165, 1.54) is 0 Å². The maximum atomic E-state index is 13.0. The van der Waals surface area contributed by atoms with Gasteiger partial charge in [0, 0.05) is 11.3 Å². The molecule has 2 N–H and O–H groups in total. The highest BCUT2D eigenvalue weighted by Crippen LogP contribution is 2.38. The highest BCUT2D eigenvalue weighted by molar-refractivity contribution is 7.22. The molecule has 2 amide bonds. The number of anilines is 2. The first-order valence-corrected chi connectivity index (χ1v) is 10.7. The summed E-state index contributed by atoms with van der Waals surface area (Å²) in [6.45, 7) is 0. The Morgan fingerprint density at radius 1 is 0.886 bits per heavy atom. The van der Waals surface area contributed by atoms with Crippen LogP contribution >= 0.6 is 11.3 Å². The standard InChI is InChI=1S/C23H15F6N3O2S/c1-34-18-5-3-2-4-16(18)12-6-7-17-19(8-12)35-21(31-17)32-20(33)30-15-10-13(22(24,25)26)9-14(11-15)23(27,28)29/h2-11H,1H3,(H2,30,31,32,33). The van der Waals surface area contributed by atoms with E-state index in [2.05, 4.69) is 10.3 Å². The number of amides is 2. The normalized spacial score (nSPS) is 12.0. The lowest BCUT2D eigenvalue weighted by atomic mass is 10.0. The minimum absolute atomic E-state index is 0.0179. The fourth-order valence-electron chi connectivity index (χ4n) is 3.32. The summed E-state index contributed by atoms with van der Waals surface area (Å²) in [6.07, 6.45) is -10.1. The summed E-state index contributed by atoms with van der Waals surface area (Å²) in [5.74, 6) is 0.661. The molecule has 182 valence electrons. The van der Waals surface area contributed by atoms with Gasteiger partial charge in [0.25, 0.3) is 0 Å². The Morgan fingerprint density at radius 2 is 1.54 bits per heavy atom. The summed E-state index contributed by atoms with van der Waals surface area (Å²) in [4.78, 5) is 16.6. The second kappa shape index (κ2) is 9.10. The molecule has 0 aliphatic carbocycles. The topological polar surface area (TPSA) is 63.2 Å². The number of fused-ring (bicyclic) bond motifs is 1. The number of para-hydroxylation sites is 1. The lowest BCUT2D eigenvalue weighted by Crippen LogP contribution is -2.20. The highest BCUT2D eigenvalue weighted by atomic mass is 32.1. The van der Waals surface area contributed by atoms with Crippen LogP contribution in [0.4, 0.5) is 42.0 Å². The third kappa shape index (κ3) is 5.48. The number of carbonyl (C=O) groups is 1. The molecule has 1 aromatic heterocycles. The monoisotopic (exact) mass is 511 g/mol. The zero-order valence-electron chi connectivity index (χ0n) is 17.7. The number of ether oxygens (including phenoxy) is 1. The molecule has 0 bridgehead atoms. The molecule has 1 heterocycles. The van der Waals surface area contributed by atoms with Crippen molar-refractivity contribution in [2.45, 2.75) is 12.4 Å². The fraction of sp³-hybridized carbons (Fsp3) is 0.130. The van der Waals surface area contributed by atoms with Crippen molar-refractivity contribution < 1.29 is 35.9 Å². The molecule has 5 nitrogen and oxygen atoms in total. The van der Waals surface area contributed by atoms with Gasteiger partial charge < -0.3 is 10.1 Å².